The monoisotopic (exact) mass is 317 g/mol. The fraction of sp³-hybridized carbons (Fsp3) is 0.471. The molecule has 1 fully saturated rings. The number of rotatable bonds is 2. The molecule has 1 saturated carbocycles. The highest BCUT2D eigenvalue weighted by Gasteiger charge is 2.28. The highest BCUT2D eigenvalue weighted by atomic mass is 16.2. The van der Waals surface area contributed by atoms with E-state index >= 15 is 0 Å². The zero-order chi connectivity index (χ0) is 16.8. The third-order valence-electron chi connectivity index (χ3n) is 4.05. The smallest absolute Gasteiger partial charge is 0.323 e. The van der Waals surface area contributed by atoms with E-state index in [1.807, 2.05) is 0 Å². The quantitative estimate of drug-likeness (QED) is 0.495. The molecule has 6 heteroatoms. The molecular formula is C17H23N3O3. The fourth-order valence-corrected chi connectivity index (χ4v) is 2.84. The van der Waals surface area contributed by atoms with E-state index in [9.17, 15) is 14.4 Å². The molecule has 1 aromatic rings. The molecule has 0 radical (unpaired) electrons. The zero-order valence-corrected chi connectivity index (χ0v) is 13.4. The number of nitrogen functional groups attached to an aromatic ring is 1. The third-order valence-corrected chi connectivity index (χ3v) is 4.05. The van der Waals surface area contributed by atoms with Crippen LogP contribution in [0.25, 0.3) is 0 Å². The second-order valence-electron chi connectivity index (χ2n) is 5.91. The number of nitrogens with two attached hydrogens (primary N) is 1. The number of anilines is 2. The van der Waals surface area contributed by atoms with Crippen molar-refractivity contribution >= 4 is 29.1 Å². The first-order valence-corrected chi connectivity index (χ1v) is 8.00. The van der Waals surface area contributed by atoms with Gasteiger partial charge in [0.1, 0.15) is 0 Å². The van der Waals surface area contributed by atoms with Gasteiger partial charge in [-0.25, -0.2) is 4.90 Å². The molecule has 0 spiro atoms. The van der Waals surface area contributed by atoms with E-state index in [1.165, 1.54) is 6.92 Å². The van der Waals surface area contributed by atoms with E-state index in [-0.39, 0.29) is 6.04 Å². The number of hydrogen-bond acceptors (Lipinski definition) is 4. The Morgan fingerprint density at radius 3 is 2.13 bits per heavy atom. The molecule has 124 valence electrons. The molecule has 3 N–H and O–H groups in total. The number of carbonyl (C=O) groups is 3. The Balaban J connectivity index is 2.09. The largest absolute Gasteiger partial charge is 0.399 e. The van der Waals surface area contributed by atoms with Crippen LogP contribution < -0.4 is 16.0 Å². The molecule has 0 saturated heterocycles. The van der Waals surface area contributed by atoms with Gasteiger partial charge in [0.25, 0.3) is 0 Å². The summed E-state index contributed by atoms with van der Waals surface area (Å²) < 4.78 is 0. The summed E-state index contributed by atoms with van der Waals surface area (Å²) in [6, 6.07) is 6.28. The maximum atomic E-state index is 12.4. The normalized spacial score (nSPS) is 15.5. The summed E-state index contributed by atoms with van der Waals surface area (Å²) >= 11 is 0. The average Bonchev–Trinajstić information content (AvgIpc) is 2.77. The molecule has 3 amide bonds. The van der Waals surface area contributed by atoms with Gasteiger partial charge in [-0.1, -0.05) is 25.7 Å². The first-order valence-electron chi connectivity index (χ1n) is 8.00. The predicted molar refractivity (Wildman–Crippen MR) is 88.7 cm³/mol. The molecule has 1 aromatic carbocycles. The average molecular weight is 317 g/mol. The van der Waals surface area contributed by atoms with Crippen LogP contribution in [0.4, 0.5) is 11.4 Å². The Kier molecular flexibility index (Phi) is 5.73. The van der Waals surface area contributed by atoms with Gasteiger partial charge in [0, 0.05) is 18.7 Å². The van der Waals surface area contributed by atoms with Crippen molar-refractivity contribution in [2.45, 2.75) is 51.5 Å². The van der Waals surface area contributed by atoms with Crippen molar-refractivity contribution < 1.29 is 14.4 Å². The minimum atomic E-state index is -0.855. The summed E-state index contributed by atoms with van der Waals surface area (Å²) in [5, 5.41) is 2.77. The van der Waals surface area contributed by atoms with Gasteiger partial charge in [-0.15, -0.1) is 0 Å². The van der Waals surface area contributed by atoms with Crippen LogP contribution in [0.5, 0.6) is 0 Å². The highest BCUT2D eigenvalue weighted by molar-refractivity contribution is 6.45. The first kappa shape index (κ1) is 17.0. The predicted octanol–water partition coefficient (Wildman–Crippen LogP) is 1.99. The molecule has 6 nitrogen and oxygen atoms in total. The maximum absolute atomic E-state index is 12.4. The lowest BCUT2D eigenvalue weighted by Crippen LogP contribution is -2.48. The molecule has 0 bridgehead atoms. The number of carbonyl (C=O) groups excluding carboxylic acids is 3. The van der Waals surface area contributed by atoms with E-state index < -0.39 is 17.7 Å². The molecule has 0 aromatic heterocycles. The number of benzene rings is 1. The summed E-state index contributed by atoms with van der Waals surface area (Å²) in [6.45, 7) is 1.26. The van der Waals surface area contributed by atoms with Gasteiger partial charge in [-0.2, -0.15) is 0 Å². The van der Waals surface area contributed by atoms with Crippen molar-refractivity contribution in [2.24, 2.45) is 0 Å². The maximum Gasteiger partial charge on any atom is 0.323 e. The van der Waals surface area contributed by atoms with E-state index in [2.05, 4.69) is 5.32 Å². The van der Waals surface area contributed by atoms with Gasteiger partial charge in [-0.3, -0.25) is 14.4 Å². The van der Waals surface area contributed by atoms with Crippen LogP contribution in [0.1, 0.15) is 45.4 Å². The SMILES string of the molecule is CC(=O)N(C(=O)C(=O)NC1CCCCCC1)c1ccc(N)cc1. The Labute approximate surface area is 136 Å². The standard InChI is InChI=1S/C17H23N3O3/c1-12(21)20(15-10-8-13(18)9-11-15)17(23)16(22)19-14-6-4-2-3-5-7-14/h8-11,14H,2-7,18H2,1H3,(H,19,22). The van der Waals surface area contributed by atoms with Crippen molar-refractivity contribution in [3.8, 4) is 0 Å². The number of nitrogens with zero attached hydrogens (tertiary/aromatic N) is 1. The van der Waals surface area contributed by atoms with Crippen molar-refractivity contribution in [1.82, 2.24) is 5.32 Å². The van der Waals surface area contributed by atoms with Gasteiger partial charge in [0.15, 0.2) is 0 Å². The van der Waals surface area contributed by atoms with E-state index in [0.717, 1.165) is 43.4 Å². The fourth-order valence-electron chi connectivity index (χ4n) is 2.84. The molecule has 1 aliphatic carbocycles. The number of nitrogens with one attached hydrogen (secondary N) is 1. The summed E-state index contributed by atoms with van der Waals surface area (Å²) in [5.41, 5.74) is 6.47. The van der Waals surface area contributed by atoms with Crippen molar-refractivity contribution in [3.05, 3.63) is 24.3 Å². The van der Waals surface area contributed by atoms with Crippen molar-refractivity contribution in [2.75, 3.05) is 10.6 Å². The third kappa shape index (κ3) is 4.55. The van der Waals surface area contributed by atoms with E-state index in [1.54, 1.807) is 24.3 Å². The second kappa shape index (κ2) is 7.76. The molecule has 0 heterocycles. The Morgan fingerprint density at radius 2 is 1.61 bits per heavy atom. The van der Waals surface area contributed by atoms with Crippen molar-refractivity contribution in [3.63, 3.8) is 0 Å². The number of imide groups is 1. The van der Waals surface area contributed by atoms with Crippen LogP contribution in [-0.4, -0.2) is 23.8 Å². The van der Waals surface area contributed by atoms with Crippen LogP contribution in [0.3, 0.4) is 0 Å². The number of hydrogen-bond donors (Lipinski definition) is 2. The summed E-state index contributed by atoms with van der Waals surface area (Å²) in [7, 11) is 0. The van der Waals surface area contributed by atoms with Crippen molar-refractivity contribution in [1.29, 1.82) is 0 Å². The molecule has 0 unspecified atom stereocenters. The lowest BCUT2D eigenvalue weighted by atomic mass is 10.1. The minimum absolute atomic E-state index is 0.00850. The molecule has 1 aliphatic rings. The topological polar surface area (TPSA) is 92.5 Å². The molecule has 0 atom stereocenters. The van der Waals surface area contributed by atoms with Crippen LogP contribution in [-0.2, 0) is 14.4 Å². The lowest BCUT2D eigenvalue weighted by molar-refractivity contribution is -0.139. The van der Waals surface area contributed by atoms with Gasteiger partial charge in [0.2, 0.25) is 5.91 Å². The van der Waals surface area contributed by atoms with Crippen LogP contribution in [0.15, 0.2) is 24.3 Å². The van der Waals surface area contributed by atoms with Gasteiger partial charge >= 0.3 is 11.8 Å². The van der Waals surface area contributed by atoms with E-state index in [4.69, 9.17) is 5.73 Å². The van der Waals surface area contributed by atoms with Crippen LogP contribution >= 0.6 is 0 Å². The molecule has 0 aliphatic heterocycles. The molecular weight excluding hydrogens is 294 g/mol. The first-order chi connectivity index (χ1) is 11.0. The van der Waals surface area contributed by atoms with Gasteiger partial charge < -0.3 is 11.1 Å². The van der Waals surface area contributed by atoms with E-state index in [0.29, 0.717) is 11.4 Å². The Bertz CT molecular complexity index is 575. The van der Waals surface area contributed by atoms with Gasteiger partial charge in [0.05, 0.1) is 5.69 Å². The highest BCUT2D eigenvalue weighted by Crippen LogP contribution is 2.19. The minimum Gasteiger partial charge on any atom is -0.399 e. The van der Waals surface area contributed by atoms with Crippen LogP contribution in [0.2, 0.25) is 0 Å². The Morgan fingerprint density at radius 1 is 1.04 bits per heavy atom. The van der Waals surface area contributed by atoms with Gasteiger partial charge in [-0.05, 0) is 37.1 Å². The molecule has 23 heavy (non-hydrogen) atoms. The number of amides is 3. The zero-order valence-electron chi connectivity index (χ0n) is 13.4. The summed E-state index contributed by atoms with van der Waals surface area (Å²) in [6.07, 6.45) is 6.17. The lowest BCUT2D eigenvalue weighted by Gasteiger charge is -2.21. The molecule has 2 rings (SSSR count). The van der Waals surface area contributed by atoms with Crippen LogP contribution in [0, 0.1) is 0 Å². The summed E-state index contributed by atoms with van der Waals surface area (Å²) in [5.74, 6) is -2.09. The summed E-state index contributed by atoms with van der Waals surface area (Å²) in [4.78, 5) is 37.3. The Hall–Kier alpha value is -2.37. The second-order valence-corrected chi connectivity index (χ2v) is 5.91.